The Morgan fingerprint density at radius 2 is 1.65 bits per heavy atom. The molecule has 4 rings (SSSR count). The predicted octanol–water partition coefficient (Wildman–Crippen LogP) is 3.98. The quantitative estimate of drug-likeness (QED) is 0.672. The molecule has 0 bridgehead atoms. The van der Waals surface area contributed by atoms with Gasteiger partial charge in [-0.05, 0) is 48.9 Å². The Hall–Kier alpha value is -3.47. The van der Waals surface area contributed by atoms with Crippen LogP contribution in [0.1, 0.15) is 31.8 Å². The van der Waals surface area contributed by atoms with E-state index in [9.17, 15) is 9.59 Å². The molecule has 0 radical (unpaired) electrons. The predicted molar refractivity (Wildman–Crippen MR) is 96.1 cm³/mol. The van der Waals surface area contributed by atoms with Gasteiger partial charge in [-0.1, -0.05) is 23.8 Å². The van der Waals surface area contributed by atoms with Crippen LogP contribution in [0.4, 0.5) is 0 Å². The zero-order valence-electron chi connectivity index (χ0n) is 14.2. The molecule has 0 N–H and O–H groups in total. The van der Waals surface area contributed by atoms with Crippen LogP contribution in [0.3, 0.4) is 0 Å². The van der Waals surface area contributed by atoms with Crippen molar-refractivity contribution < 1.29 is 14.3 Å². The average molecular weight is 344 g/mol. The Balaban J connectivity index is 1.58. The molecule has 1 aromatic heterocycles. The van der Waals surface area contributed by atoms with Gasteiger partial charge in [-0.25, -0.2) is 0 Å². The van der Waals surface area contributed by atoms with Crippen molar-refractivity contribution in [2.24, 2.45) is 0 Å². The van der Waals surface area contributed by atoms with Crippen molar-refractivity contribution in [2.45, 2.75) is 13.5 Å². The number of rotatable bonds is 4. The van der Waals surface area contributed by atoms with Gasteiger partial charge in [0.25, 0.3) is 11.8 Å². The van der Waals surface area contributed by atoms with Crippen molar-refractivity contribution in [2.75, 3.05) is 0 Å². The summed E-state index contributed by atoms with van der Waals surface area (Å²) in [6.07, 6.45) is 3.30. The Morgan fingerprint density at radius 1 is 0.923 bits per heavy atom. The SMILES string of the molecule is Cc1ccc(Oc2ccc3c(c2)C(=O)N(Cc2cccnc2)C3=O)cc1. The van der Waals surface area contributed by atoms with Crippen LogP contribution in [-0.2, 0) is 6.54 Å². The summed E-state index contributed by atoms with van der Waals surface area (Å²) in [6.45, 7) is 2.20. The summed E-state index contributed by atoms with van der Waals surface area (Å²) in [6, 6.07) is 16.2. The number of fused-ring (bicyclic) bond motifs is 1. The molecule has 26 heavy (non-hydrogen) atoms. The number of carbonyl (C=O) groups excluding carboxylic acids is 2. The van der Waals surface area contributed by atoms with Crippen LogP contribution >= 0.6 is 0 Å². The van der Waals surface area contributed by atoms with Gasteiger partial charge in [0.2, 0.25) is 0 Å². The monoisotopic (exact) mass is 344 g/mol. The minimum absolute atomic E-state index is 0.203. The number of carbonyl (C=O) groups is 2. The summed E-state index contributed by atoms with van der Waals surface area (Å²) < 4.78 is 5.80. The van der Waals surface area contributed by atoms with Crippen LogP contribution in [0.2, 0.25) is 0 Å². The molecule has 0 saturated carbocycles. The second-order valence-electron chi connectivity index (χ2n) is 6.18. The van der Waals surface area contributed by atoms with Crippen molar-refractivity contribution in [1.82, 2.24) is 9.88 Å². The van der Waals surface area contributed by atoms with Crippen molar-refractivity contribution >= 4 is 11.8 Å². The number of ether oxygens (including phenoxy) is 1. The number of aromatic nitrogens is 1. The molecule has 128 valence electrons. The highest BCUT2D eigenvalue weighted by Gasteiger charge is 2.35. The molecule has 0 fully saturated rings. The summed E-state index contributed by atoms with van der Waals surface area (Å²) in [5.74, 6) is 0.593. The van der Waals surface area contributed by atoms with Gasteiger partial charge in [0.05, 0.1) is 17.7 Å². The van der Waals surface area contributed by atoms with Crippen molar-refractivity contribution in [3.05, 3.63) is 89.2 Å². The highest BCUT2D eigenvalue weighted by atomic mass is 16.5. The smallest absolute Gasteiger partial charge is 0.262 e. The first-order valence-corrected chi connectivity index (χ1v) is 8.25. The molecule has 5 nitrogen and oxygen atoms in total. The van der Waals surface area contributed by atoms with Crippen molar-refractivity contribution in [3.63, 3.8) is 0 Å². The van der Waals surface area contributed by atoms with Gasteiger partial charge in [0.15, 0.2) is 0 Å². The summed E-state index contributed by atoms with van der Waals surface area (Å²) in [7, 11) is 0. The first-order valence-electron chi connectivity index (χ1n) is 8.25. The van der Waals surface area contributed by atoms with E-state index in [0.717, 1.165) is 11.1 Å². The number of imide groups is 1. The third-order valence-electron chi connectivity index (χ3n) is 4.26. The van der Waals surface area contributed by atoms with E-state index >= 15 is 0 Å². The average Bonchev–Trinajstić information content (AvgIpc) is 2.89. The van der Waals surface area contributed by atoms with Gasteiger partial charge in [-0.15, -0.1) is 0 Å². The van der Waals surface area contributed by atoms with Gasteiger partial charge in [0.1, 0.15) is 11.5 Å². The van der Waals surface area contributed by atoms with Gasteiger partial charge < -0.3 is 4.74 Å². The Kier molecular flexibility index (Phi) is 3.97. The highest BCUT2D eigenvalue weighted by molar-refractivity contribution is 6.21. The van der Waals surface area contributed by atoms with E-state index in [1.54, 1.807) is 36.7 Å². The number of nitrogens with zero attached hydrogens (tertiary/aromatic N) is 2. The number of benzene rings is 2. The topological polar surface area (TPSA) is 59.5 Å². The van der Waals surface area contributed by atoms with E-state index in [0.29, 0.717) is 22.6 Å². The lowest BCUT2D eigenvalue weighted by Crippen LogP contribution is -2.29. The fraction of sp³-hybridized carbons (Fsp3) is 0.0952. The summed E-state index contributed by atoms with van der Waals surface area (Å²) in [5, 5.41) is 0. The lowest BCUT2D eigenvalue weighted by Gasteiger charge is -2.13. The minimum atomic E-state index is -0.316. The maximum atomic E-state index is 12.7. The van der Waals surface area contributed by atoms with Crippen molar-refractivity contribution in [3.8, 4) is 11.5 Å². The number of hydrogen-bond acceptors (Lipinski definition) is 4. The lowest BCUT2D eigenvalue weighted by atomic mass is 10.1. The molecule has 0 atom stereocenters. The number of amides is 2. The van der Waals surface area contributed by atoms with E-state index in [1.165, 1.54) is 4.90 Å². The first-order chi connectivity index (χ1) is 12.6. The molecule has 2 heterocycles. The zero-order chi connectivity index (χ0) is 18.1. The molecule has 5 heteroatoms. The van der Waals surface area contributed by atoms with Crippen LogP contribution in [0.15, 0.2) is 67.0 Å². The molecular formula is C21H16N2O3. The van der Waals surface area contributed by atoms with Crippen LogP contribution in [0, 0.1) is 6.92 Å². The number of pyridine rings is 1. The van der Waals surface area contributed by atoms with Gasteiger partial charge in [0, 0.05) is 12.4 Å². The summed E-state index contributed by atoms with van der Waals surface area (Å²) >= 11 is 0. The van der Waals surface area contributed by atoms with E-state index in [2.05, 4.69) is 4.98 Å². The Bertz CT molecular complexity index is 982. The van der Waals surface area contributed by atoms with Crippen molar-refractivity contribution in [1.29, 1.82) is 0 Å². The maximum absolute atomic E-state index is 12.7. The second-order valence-corrected chi connectivity index (χ2v) is 6.18. The van der Waals surface area contributed by atoms with Gasteiger partial charge in [-0.2, -0.15) is 0 Å². The third kappa shape index (κ3) is 2.95. The molecule has 0 aliphatic carbocycles. The molecule has 1 aliphatic heterocycles. The fourth-order valence-electron chi connectivity index (χ4n) is 2.89. The number of aryl methyl sites for hydroxylation is 1. The second kappa shape index (κ2) is 6.44. The van der Waals surface area contributed by atoms with Crippen LogP contribution in [-0.4, -0.2) is 21.7 Å². The normalized spacial score (nSPS) is 13.0. The highest BCUT2D eigenvalue weighted by Crippen LogP contribution is 2.30. The molecule has 0 spiro atoms. The standard InChI is InChI=1S/C21H16N2O3/c1-14-4-6-16(7-5-14)26-17-8-9-18-19(11-17)21(25)23(20(18)24)13-15-3-2-10-22-12-15/h2-12H,13H2,1H3. The lowest BCUT2D eigenvalue weighted by molar-refractivity contribution is 0.0642. The maximum Gasteiger partial charge on any atom is 0.262 e. The van der Waals surface area contributed by atoms with E-state index in [-0.39, 0.29) is 18.4 Å². The van der Waals surface area contributed by atoms with Gasteiger partial charge >= 0.3 is 0 Å². The van der Waals surface area contributed by atoms with E-state index in [1.807, 2.05) is 37.3 Å². The molecule has 3 aromatic rings. The molecule has 2 aromatic carbocycles. The van der Waals surface area contributed by atoms with E-state index < -0.39 is 0 Å². The molecular weight excluding hydrogens is 328 g/mol. The molecule has 2 amide bonds. The minimum Gasteiger partial charge on any atom is -0.457 e. The largest absolute Gasteiger partial charge is 0.457 e. The Labute approximate surface area is 150 Å². The van der Waals surface area contributed by atoms with Crippen LogP contribution in [0.25, 0.3) is 0 Å². The van der Waals surface area contributed by atoms with Gasteiger partial charge in [-0.3, -0.25) is 19.5 Å². The first kappa shape index (κ1) is 16.0. The third-order valence-corrected chi connectivity index (χ3v) is 4.26. The summed E-state index contributed by atoms with van der Waals surface area (Å²) in [5.41, 5.74) is 2.70. The Morgan fingerprint density at radius 3 is 2.38 bits per heavy atom. The van der Waals surface area contributed by atoms with Crippen LogP contribution in [0.5, 0.6) is 11.5 Å². The van der Waals surface area contributed by atoms with Crippen LogP contribution < -0.4 is 4.74 Å². The number of hydrogen-bond donors (Lipinski definition) is 0. The summed E-state index contributed by atoms with van der Waals surface area (Å²) in [4.78, 5) is 30.5. The zero-order valence-corrected chi connectivity index (χ0v) is 14.2. The van der Waals surface area contributed by atoms with E-state index in [4.69, 9.17) is 4.74 Å². The molecule has 0 unspecified atom stereocenters. The fourth-order valence-corrected chi connectivity index (χ4v) is 2.89. The molecule has 1 aliphatic rings. The molecule has 0 saturated heterocycles.